The van der Waals surface area contributed by atoms with E-state index in [4.69, 9.17) is 5.73 Å². The van der Waals surface area contributed by atoms with Crippen molar-refractivity contribution < 1.29 is 13.9 Å². The number of carbonyl (C=O) groups excluding carboxylic acids is 1. The number of methoxy groups -OCH3 is 1. The molecule has 0 spiro atoms. The number of nitrogens with two attached hydrogens (primary N) is 1. The van der Waals surface area contributed by atoms with Crippen LogP contribution in [0, 0.1) is 12.7 Å². The monoisotopic (exact) mass is 309 g/mol. The third-order valence-electron chi connectivity index (χ3n) is 2.87. The molecule has 0 bridgehead atoms. The zero-order valence-corrected chi connectivity index (χ0v) is 12.6. The smallest absolute Gasteiger partial charge is 0.340 e. The average Bonchev–Trinajstić information content (AvgIpc) is 2.86. The highest BCUT2D eigenvalue weighted by molar-refractivity contribution is 7.09. The topological polar surface area (TPSA) is 77.2 Å². The highest BCUT2D eigenvalue weighted by Gasteiger charge is 2.14. The normalized spacial score (nSPS) is 10.4. The second kappa shape index (κ2) is 6.53. The van der Waals surface area contributed by atoms with Crippen LogP contribution in [0.2, 0.25) is 0 Å². The van der Waals surface area contributed by atoms with Crippen molar-refractivity contribution in [3.8, 4) is 0 Å². The number of halogens is 1. The van der Waals surface area contributed by atoms with Crippen LogP contribution in [0.1, 0.15) is 21.1 Å². The third kappa shape index (κ3) is 3.69. The Balaban J connectivity index is 2.07. The predicted octanol–water partition coefficient (Wildman–Crippen LogP) is 2.61. The van der Waals surface area contributed by atoms with Crippen LogP contribution < -0.4 is 11.1 Å². The number of ether oxygens (including phenoxy) is 1. The highest BCUT2D eigenvalue weighted by Crippen LogP contribution is 2.23. The van der Waals surface area contributed by atoms with Crippen LogP contribution in [0.3, 0.4) is 0 Å². The van der Waals surface area contributed by atoms with E-state index in [-0.39, 0.29) is 16.9 Å². The van der Waals surface area contributed by atoms with Gasteiger partial charge in [-0.3, -0.25) is 0 Å². The van der Waals surface area contributed by atoms with Gasteiger partial charge < -0.3 is 15.8 Å². The maximum atomic E-state index is 13.8. The molecule has 0 aliphatic heterocycles. The number of nitrogens with one attached hydrogen (secondary N) is 1. The molecule has 7 heteroatoms. The Morgan fingerprint density at radius 1 is 1.52 bits per heavy atom. The molecule has 0 aliphatic carbocycles. The molecule has 2 aromatic rings. The Labute approximate surface area is 126 Å². The van der Waals surface area contributed by atoms with E-state index in [1.54, 1.807) is 11.3 Å². The van der Waals surface area contributed by atoms with E-state index >= 15 is 0 Å². The average molecular weight is 309 g/mol. The first-order valence-electron chi connectivity index (χ1n) is 6.33. The summed E-state index contributed by atoms with van der Waals surface area (Å²) in [6, 6.07) is 2.48. The molecule has 0 saturated heterocycles. The van der Waals surface area contributed by atoms with Crippen LogP contribution in [0.15, 0.2) is 17.5 Å². The summed E-state index contributed by atoms with van der Waals surface area (Å²) >= 11 is 1.56. The molecule has 1 aromatic carbocycles. The number of aryl methyl sites for hydroxylation is 1. The summed E-state index contributed by atoms with van der Waals surface area (Å²) in [5, 5.41) is 5.89. The molecule has 5 nitrogen and oxygen atoms in total. The predicted molar refractivity (Wildman–Crippen MR) is 81.2 cm³/mol. The van der Waals surface area contributed by atoms with Gasteiger partial charge in [-0.25, -0.2) is 14.2 Å². The molecule has 0 unspecified atom stereocenters. The maximum absolute atomic E-state index is 13.8. The van der Waals surface area contributed by atoms with Gasteiger partial charge in [0.05, 0.1) is 23.4 Å². The first kappa shape index (κ1) is 15.2. The largest absolute Gasteiger partial charge is 0.465 e. The van der Waals surface area contributed by atoms with Gasteiger partial charge in [-0.05, 0) is 19.1 Å². The van der Waals surface area contributed by atoms with Crippen molar-refractivity contribution in [3.63, 3.8) is 0 Å². The first-order valence-corrected chi connectivity index (χ1v) is 7.21. The van der Waals surface area contributed by atoms with Crippen molar-refractivity contribution in [1.29, 1.82) is 0 Å². The Hall–Kier alpha value is -2.15. The van der Waals surface area contributed by atoms with Crippen LogP contribution in [-0.2, 0) is 11.2 Å². The number of aromatic nitrogens is 1. The summed E-state index contributed by atoms with van der Waals surface area (Å²) in [7, 11) is 1.25. The zero-order valence-electron chi connectivity index (χ0n) is 11.8. The van der Waals surface area contributed by atoms with Crippen molar-refractivity contribution in [2.24, 2.45) is 0 Å². The molecular formula is C14H16FN3O2S. The van der Waals surface area contributed by atoms with Crippen LogP contribution in [0.5, 0.6) is 0 Å². The summed E-state index contributed by atoms with van der Waals surface area (Å²) in [5.41, 5.74) is 7.01. The minimum Gasteiger partial charge on any atom is -0.465 e. The van der Waals surface area contributed by atoms with Crippen molar-refractivity contribution >= 4 is 28.7 Å². The van der Waals surface area contributed by atoms with E-state index in [9.17, 15) is 9.18 Å². The lowest BCUT2D eigenvalue weighted by atomic mass is 10.1. The lowest BCUT2D eigenvalue weighted by molar-refractivity contribution is 0.0602. The zero-order chi connectivity index (χ0) is 15.4. The van der Waals surface area contributed by atoms with Gasteiger partial charge in [0.15, 0.2) is 0 Å². The molecule has 1 heterocycles. The van der Waals surface area contributed by atoms with E-state index in [1.807, 2.05) is 12.3 Å². The molecule has 3 N–H and O–H groups in total. The second-order valence-electron chi connectivity index (χ2n) is 4.47. The van der Waals surface area contributed by atoms with Gasteiger partial charge in [-0.1, -0.05) is 0 Å². The second-order valence-corrected chi connectivity index (χ2v) is 5.41. The summed E-state index contributed by atoms with van der Waals surface area (Å²) in [5.74, 6) is -1.10. The Kier molecular flexibility index (Phi) is 4.74. The molecule has 0 fully saturated rings. The Bertz CT molecular complexity index is 658. The number of thiazole rings is 1. The SMILES string of the molecule is COC(=O)c1cc(NCCc2nc(C)cs2)c(F)cc1N. The molecule has 0 amide bonds. The quantitative estimate of drug-likeness (QED) is 0.656. The highest BCUT2D eigenvalue weighted by atomic mass is 32.1. The molecule has 21 heavy (non-hydrogen) atoms. The van der Waals surface area contributed by atoms with Gasteiger partial charge in [-0.2, -0.15) is 0 Å². The van der Waals surface area contributed by atoms with Gasteiger partial charge in [0.1, 0.15) is 5.82 Å². The van der Waals surface area contributed by atoms with Crippen LogP contribution in [0.4, 0.5) is 15.8 Å². The first-order chi connectivity index (χ1) is 10.0. The summed E-state index contributed by atoms with van der Waals surface area (Å²) in [4.78, 5) is 15.9. The van der Waals surface area contributed by atoms with Gasteiger partial charge in [0, 0.05) is 29.7 Å². The number of hydrogen-bond donors (Lipinski definition) is 2. The molecule has 0 saturated carbocycles. The summed E-state index contributed by atoms with van der Waals surface area (Å²) < 4.78 is 18.4. The Morgan fingerprint density at radius 3 is 2.90 bits per heavy atom. The fourth-order valence-corrected chi connectivity index (χ4v) is 2.61. The van der Waals surface area contributed by atoms with Gasteiger partial charge >= 0.3 is 5.97 Å². The standard InChI is InChI=1S/C14H16FN3O2S/c1-8-7-21-13(18-8)3-4-17-12-5-9(14(19)20-2)11(16)6-10(12)15/h5-7,17H,3-4,16H2,1-2H3. The minimum atomic E-state index is -0.592. The van der Waals surface area contributed by atoms with E-state index in [1.165, 1.54) is 13.2 Å². The molecule has 0 aliphatic rings. The van der Waals surface area contributed by atoms with E-state index in [0.29, 0.717) is 13.0 Å². The van der Waals surface area contributed by atoms with Crippen LogP contribution in [-0.4, -0.2) is 24.6 Å². The minimum absolute atomic E-state index is 0.0560. The molecule has 0 radical (unpaired) electrons. The number of nitrogens with zero attached hydrogens (tertiary/aromatic N) is 1. The number of carbonyl (C=O) groups is 1. The number of esters is 1. The fraction of sp³-hybridized carbons (Fsp3) is 0.286. The van der Waals surface area contributed by atoms with Crippen molar-refractivity contribution in [3.05, 3.63) is 39.6 Å². The fourth-order valence-electron chi connectivity index (χ4n) is 1.83. The van der Waals surface area contributed by atoms with Gasteiger partial charge in [0.25, 0.3) is 0 Å². The summed E-state index contributed by atoms with van der Waals surface area (Å²) in [6.45, 7) is 2.43. The molecule has 2 rings (SSSR count). The van der Waals surface area contributed by atoms with Crippen LogP contribution in [0.25, 0.3) is 0 Å². The maximum Gasteiger partial charge on any atom is 0.340 e. The van der Waals surface area contributed by atoms with Crippen molar-refractivity contribution in [1.82, 2.24) is 4.98 Å². The van der Waals surface area contributed by atoms with E-state index in [0.717, 1.165) is 16.8 Å². The number of anilines is 2. The van der Waals surface area contributed by atoms with E-state index in [2.05, 4.69) is 15.0 Å². The Morgan fingerprint density at radius 2 is 2.29 bits per heavy atom. The molecule has 0 atom stereocenters. The number of nitrogen functional groups attached to an aromatic ring is 1. The van der Waals surface area contributed by atoms with Crippen molar-refractivity contribution in [2.75, 3.05) is 24.7 Å². The lowest BCUT2D eigenvalue weighted by Crippen LogP contribution is -2.11. The van der Waals surface area contributed by atoms with Gasteiger partial charge in [-0.15, -0.1) is 11.3 Å². The summed E-state index contributed by atoms with van der Waals surface area (Å²) in [6.07, 6.45) is 0.676. The third-order valence-corrected chi connectivity index (χ3v) is 3.89. The number of benzene rings is 1. The van der Waals surface area contributed by atoms with Crippen molar-refractivity contribution in [2.45, 2.75) is 13.3 Å². The number of hydrogen-bond acceptors (Lipinski definition) is 6. The molecular weight excluding hydrogens is 293 g/mol. The molecule has 112 valence electrons. The number of rotatable bonds is 5. The lowest BCUT2D eigenvalue weighted by Gasteiger charge is -2.10. The van der Waals surface area contributed by atoms with E-state index < -0.39 is 11.8 Å². The van der Waals surface area contributed by atoms with Gasteiger partial charge in [0.2, 0.25) is 0 Å². The molecule has 1 aromatic heterocycles. The van der Waals surface area contributed by atoms with Crippen LogP contribution >= 0.6 is 11.3 Å².